The lowest BCUT2D eigenvalue weighted by Gasteiger charge is -2.21. The smallest absolute Gasteiger partial charge is 0.225 e. The van der Waals surface area contributed by atoms with Crippen LogP contribution in [0, 0.1) is 0 Å². The van der Waals surface area contributed by atoms with Gasteiger partial charge in [0.25, 0.3) is 0 Å². The zero-order chi connectivity index (χ0) is 15.5. The summed E-state index contributed by atoms with van der Waals surface area (Å²) in [4.78, 5) is 24.7. The van der Waals surface area contributed by atoms with Gasteiger partial charge in [-0.2, -0.15) is 0 Å². The quantitative estimate of drug-likeness (QED) is 0.924. The molecule has 112 valence electrons. The summed E-state index contributed by atoms with van der Waals surface area (Å²) in [7, 11) is 1.61. The van der Waals surface area contributed by atoms with Gasteiger partial charge in [0.05, 0.1) is 12.8 Å². The van der Waals surface area contributed by atoms with Crippen molar-refractivity contribution in [3.05, 3.63) is 59.7 Å². The summed E-state index contributed by atoms with van der Waals surface area (Å²) in [6.07, 6.45) is 0.628. The molecule has 1 unspecified atom stereocenters. The Kier molecular flexibility index (Phi) is 3.92. The number of hydrogen-bond donors (Lipinski definition) is 1. The van der Waals surface area contributed by atoms with E-state index in [1.807, 2.05) is 36.4 Å². The van der Waals surface area contributed by atoms with Crippen LogP contribution < -0.4 is 10.1 Å². The van der Waals surface area contributed by atoms with E-state index in [1.165, 1.54) is 0 Å². The number of carbonyl (C=O) groups is 2. The molecule has 1 N–H and O–H groups in total. The van der Waals surface area contributed by atoms with Crippen LogP contribution in [0.1, 0.15) is 34.7 Å². The normalized spacial score (nSPS) is 18.0. The Hall–Kier alpha value is -2.62. The number of ether oxygens (including phenoxy) is 1. The standard InChI is InChI=1S/C18H17NO3/c1-22-14-8-6-12(7-9-14)13-10-17(20)15-4-2-3-5-16(15)19-18(21)11-13/h2-9,13H,10-11H2,1H3,(H,19,21). The third-order valence-electron chi connectivity index (χ3n) is 3.95. The Bertz CT molecular complexity index is 707. The van der Waals surface area contributed by atoms with Crippen molar-refractivity contribution in [2.45, 2.75) is 18.8 Å². The van der Waals surface area contributed by atoms with Crippen LogP contribution in [-0.2, 0) is 4.79 Å². The topological polar surface area (TPSA) is 55.4 Å². The van der Waals surface area contributed by atoms with Crippen LogP contribution in [-0.4, -0.2) is 18.8 Å². The van der Waals surface area contributed by atoms with Crippen molar-refractivity contribution in [1.29, 1.82) is 0 Å². The second-order valence-electron chi connectivity index (χ2n) is 5.40. The number of ketones is 1. The van der Waals surface area contributed by atoms with Gasteiger partial charge in [0, 0.05) is 18.4 Å². The van der Waals surface area contributed by atoms with E-state index < -0.39 is 0 Å². The van der Waals surface area contributed by atoms with Crippen LogP contribution in [0.5, 0.6) is 5.75 Å². The Morgan fingerprint density at radius 2 is 1.73 bits per heavy atom. The molecule has 0 fully saturated rings. The zero-order valence-corrected chi connectivity index (χ0v) is 12.3. The first kappa shape index (κ1) is 14.3. The van der Waals surface area contributed by atoms with Gasteiger partial charge in [-0.25, -0.2) is 0 Å². The average Bonchev–Trinajstić information content (AvgIpc) is 2.53. The molecule has 2 aromatic rings. The molecule has 3 rings (SSSR count). The summed E-state index contributed by atoms with van der Waals surface area (Å²) in [6, 6.07) is 14.7. The molecule has 0 bridgehead atoms. The Morgan fingerprint density at radius 3 is 2.45 bits per heavy atom. The summed E-state index contributed by atoms with van der Waals surface area (Å²) >= 11 is 0. The number of benzene rings is 2. The Balaban J connectivity index is 1.91. The van der Waals surface area contributed by atoms with Gasteiger partial charge in [-0.05, 0) is 35.7 Å². The third-order valence-corrected chi connectivity index (χ3v) is 3.95. The number of hydrogen-bond acceptors (Lipinski definition) is 3. The predicted molar refractivity (Wildman–Crippen MR) is 84.4 cm³/mol. The number of nitrogens with one attached hydrogen (secondary N) is 1. The summed E-state index contributed by atoms with van der Waals surface area (Å²) in [5.41, 5.74) is 2.16. The van der Waals surface area contributed by atoms with E-state index in [2.05, 4.69) is 5.32 Å². The van der Waals surface area contributed by atoms with Crippen LogP contribution >= 0.6 is 0 Å². The molecule has 1 atom stereocenters. The summed E-state index contributed by atoms with van der Waals surface area (Å²) in [5, 5.41) is 2.83. The SMILES string of the molecule is COc1ccc(C2CC(=O)Nc3ccccc3C(=O)C2)cc1. The maximum atomic E-state index is 12.5. The minimum Gasteiger partial charge on any atom is -0.497 e. The van der Waals surface area contributed by atoms with E-state index in [0.29, 0.717) is 24.1 Å². The highest BCUT2D eigenvalue weighted by Gasteiger charge is 2.25. The van der Waals surface area contributed by atoms with Crippen molar-refractivity contribution in [2.24, 2.45) is 0 Å². The van der Waals surface area contributed by atoms with Crippen LogP contribution in [0.2, 0.25) is 0 Å². The van der Waals surface area contributed by atoms with Gasteiger partial charge in [0.15, 0.2) is 5.78 Å². The van der Waals surface area contributed by atoms with Crippen LogP contribution in [0.15, 0.2) is 48.5 Å². The maximum absolute atomic E-state index is 12.5. The fourth-order valence-corrected chi connectivity index (χ4v) is 2.78. The molecule has 0 aromatic heterocycles. The molecule has 1 aliphatic rings. The minimum atomic E-state index is -0.119. The Labute approximate surface area is 129 Å². The lowest BCUT2D eigenvalue weighted by Crippen LogP contribution is -2.22. The number of carbonyl (C=O) groups excluding carboxylic acids is 2. The summed E-state index contributed by atoms with van der Waals surface area (Å²) < 4.78 is 5.14. The lowest BCUT2D eigenvalue weighted by atomic mass is 9.87. The first-order chi connectivity index (χ1) is 10.7. The molecule has 22 heavy (non-hydrogen) atoms. The highest BCUT2D eigenvalue weighted by molar-refractivity contribution is 6.06. The van der Waals surface area contributed by atoms with Crippen molar-refractivity contribution in [1.82, 2.24) is 0 Å². The number of anilines is 1. The van der Waals surface area contributed by atoms with E-state index in [4.69, 9.17) is 4.74 Å². The number of methoxy groups -OCH3 is 1. The van der Waals surface area contributed by atoms with Gasteiger partial charge >= 0.3 is 0 Å². The molecule has 0 aliphatic carbocycles. The van der Waals surface area contributed by atoms with E-state index in [-0.39, 0.29) is 17.6 Å². The molecule has 0 saturated carbocycles. The molecule has 0 radical (unpaired) electrons. The van der Waals surface area contributed by atoms with Crippen molar-refractivity contribution >= 4 is 17.4 Å². The summed E-state index contributed by atoms with van der Waals surface area (Å²) in [6.45, 7) is 0. The van der Waals surface area contributed by atoms with Crippen LogP contribution in [0.4, 0.5) is 5.69 Å². The molecule has 4 nitrogen and oxygen atoms in total. The van der Waals surface area contributed by atoms with Crippen LogP contribution in [0.25, 0.3) is 0 Å². The molecule has 2 aromatic carbocycles. The molecule has 4 heteroatoms. The second kappa shape index (κ2) is 6.02. The summed E-state index contributed by atoms with van der Waals surface area (Å²) in [5.74, 6) is 0.625. The molecular formula is C18H17NO3. The van der Waals surface area contributed by atoms with Gasteiger partial charge in [-0.1, -0.05) is 24.3 Å². The minimum absolute atomic E-state index is 0.0522. The van der Waals surface area contributed by atoms with Crippen molar-refractivity contribution in [3.8, 4) is 5.75 Å². The van der Waals surface area contributed by atoms with E-state index in [1.54, 1.807) is 19.2 Å². The zero-order valence-electron chi connectivity index (χ0n) is 12.3. The van der Waals surface area contributed by atoms with Gasteiger partial charge in [-0.15, -0.1) is 0 Å². The predicted octanol–water partition coefficient (Wildman–Crippen LogP) is 3.39. The fraction of sp³-hybridized carbons (Fsp3) is 0.222. The first-order valence-corrected chi connectivity index (χ1v) is 7.23. The number of fused-ring (bicyclic) bond motifs is 1. The van der Waals surface area contributed by atoms with Gasteiger partial charge < -0.3 is 10.1 Å². The highest BCUT2D eigenvalue weighted by Crippen LogP contribution is 2.31. The first-order valence-electron chi connectivity index (χ1n) is 7.23. The average molecular weight is 295 g/mol. The lowest BCUT2D eigenvalue weighted by molar-refractivity contribution is -0.116. The van der Waals surface area contributed by atoms with Gasteiger partial charge in [0.1, 0.15) is 5.75 Å². The molecule has 1 amide bonds. The Morgan fingerprint density at radius 1 is 1.00 bits per heavy atom. The molecule has 1 aliphatic heterocycles. The third kappa shape index (κ3) is 2.86. The number of rotatable bonds is 2. The molecule has 1 heterocycles. The second-order valence-corrected chi connectivity index (χ2v) is 5.40. The number of para-hydroxylation sites is 1. The van der Waals surface area contributed by atoms with Crippen LogP contribution in [0.3, 0.4) is 0 Å². The molecular weight excluding hydrogens is 278 g/mol. The fourth-order valence-electron chi connectivity index (χ4n) is 2.78. The van der Waals surface area contributed by atoms with Crippen molar-refractivity contribution < 1.29 is 14.3 Å². The van der Waals surface area contributed by atoms with E-state index >= 15 is 0 Å². The van der Waals surface area contributed by atoms with Gasteiger partial charge in [-0.3, -0.25) is 9.59 Å². The number of amides is 1. The maximum Gasteiger partial charge on any atom is 0.225 e. The number of Topliss-reactive ketones (excluding diaryl/α,β-unsaturated/α-hetero) is 1. The largest absolute Gasteiger partial charge is 0.497 e. The van der Waals surface area contributed by atoms with Crippen molar-refractivity contribution in [2.75, 3.05) is 12.4 Å². The van der Waals surface area contributed by atoms with Crippen molar-refractivity contribution in [3.63, 3.8) is 0 Å². The molecule has 0 spiro atoms. The van der Waals surface area contributed by atoms with Gasteiger partial charge in [0.2, 0.25) is 5.91 Å². The van der Waals surface area contributed by atoms with E-state index in [9.17, 15) is 9.59 Å². The monoisotopic (exact) mass is 295 g/mol. The van der Waals surface area contributed by atoms with E-state index in [0.717, 1.165) is 11.3 Å². The molecule has 0 saturated heterocycles. The highest BCUT2D eigenvalue weighted by atomic mass is 16.5.